The number of hydrogen-bond acceptors (Lipinski definition) is 7. The quantitative estimate of drug-likeness (QED) is 0.428. The van der Waals surface area contributed by atoms with Crippen LogP contribution in [-0.4, -0.2) is 60.8 Å². The van der Waals surface area contributed by atoms with Gasteiger partial charge in [-0.3, -0.25) is 9.69 Å². The molecule has 3 fully saturated rings. The monoisotopic (exact) mass is 521 g/mol. The van der Waals surface area contributed by atoms with Gasteiger partial charge in [0.05, 0.1) is 34.2 Å². The molecule has 3 heterocycles. The molecule has 0 radical (unpaired) electrons. The molecule has 1 saturated carbocycles. The zero-order chi connectivity index (χ0) is 25.5. The highest BCUT2D eigenvalue weighted by Crippen LogP contribution is 2.66. The van der Waals surface area contributed by atoms with Gasteiger partial charge in [0.1, 0.15) is 6.10 Å². The zero-order valence-electron chi connectivity index (χ0n) is 20.4. The summed E-state index contributed by atoms with van der Waals surface area (Å²) in [6.45, 7) is 5.65. The van der Waals surface area contributed by atoms with Crippen molar-refractivity contribution in [3.63, 3.8) is 0 Å². The molecule has 5 atom stereocenters. The summed E-state index contributed by atoms with van der Waals surface area (Å²) >= 11 is 12.4. The number of likely N-dealkylation sites (N-methyl/N-ethyl adjacent to an activating group) is 1. The van der Waals surface area contributed by atoms with E-state index in [1.807, 2.05) is 33.9 Å². The predicted octanol–water partition coefficient (Wildman–Crippen LogP) is 4.43. The number of halogens is 2. The number of methoxy groups -OCH3 is 1. The molecule has 1 aromatic rings. The predicted molar refractivity (Wildman–Crippen MR) is 130 cm³/mol. The topological polar surface area (TPSA) is 82.1 Å². The first-order valence-corrected chi connectivity index (χ1v) is 12.6. The summed E-state index contributed by atoms with van der Waals surface area (Å²) in [5, 5.41) is 0.818. The summed E-state index contributed by atoms with van der Waals surface area (Å²) < 4.78 is 17.0. The Morgan fingerprint density at radius 3 is 2.43 bits per heavy atom. The summed E-state index contributed by atoms with van der Waals surface area (Å²) in [5.41, 5.74) is -0.731. The standard InChI is InChI=1S/C26H29Cl2NO6/c1-24(2)25(3)8-9-26(24,35-22(25)31)23(32)34-18-12-14-11-15(13-6-7-16(27)17(28)10-13)19(21(30)33-5)20(18)29(14)4/h6-7,10,14,18,20H,8-9,11-12H2,1-5H3/t14-,18-,20-,25+,26-/m1/s1. The van der Waals surface area contributed by atoms with Crippen LogP contribution in [-0.2, 0) is 28.6 Å². The average Bonchev–Trinajstić information content (AvgIpc) is 3.19. The van der Waals surface area contributed by atoms with E-state index in [0.717, 1.165) is 11.1 Å². The van der Waals surface area contributed by atoms with E-state index in [1.54, 1.807) is 12.1 Å². The Bertz CT molecular complexity index is 1180. The Morgan fingerprint density at radius 1 is 1.14 bits per heavy atom. The fourth-order valence-electron chi connectivity index (χ4n) is 6.55. The van der Waals surface area contributed by atoms with Gasteiger partial charge in [0.15, 0.2) is 0 Å². The summed E-state index contributed by atoms with van der Waals surface area (Å²) in [6.07, 6.45) is 1.50. The lowest BCUT2D eigenvalue weighted by Crippen LogP contribution is -2.51. The summed E-state index contributed by atoms with van der Waals surface area (Å²) in [7, 11) is 3.25. The third-order valence-corrected chi connectivity index (χ3v) is 10.0. The van der Waals surface area contributed by atoms with Crippen LogP contribution in [0.2, 0.25) is 10.0 Å². The maximum atomic E-state index is 13.7. The second kappa shape index (κ2) is 7.95. The summed E-state index contributed by atoms with van der Waals surface area (Å²) in [6, 6.07) is 4.82. The van der Waals surface area contributed by atoms with Crippen molar-refractivity contribution in [1.29, 1.82) is 0 Å². The Hall–Kier alpha value is -2.09. The molecular weight excluding hydrogens is 493 g/mol. The van der Waals surface area contributed by atoms with Crippen LogP contribution in [0, 0.1) is 10.8 Å². The maximum Gasteiger partial charge on any atom is 0.351 e. The molecule has 0 unspecified atom stereocenters. The number of hydrogen-bond donors (Lipinski definition) is 0. The molecule has 4 bridgehead atoms. The molecule has 188 valence electrons. The van der Waals surface area contributed by atoms with Crippen LogP contribution >= 0.6 is 23.2 Å². The van der Waals surface area contributed by atoms with Gasteiger partial charge in [-0.25, -0.2) is 9.59 Å². The third-order valence-electron chi connectivity index (χ3n) is 9.28. The SMILES string of the molecule is COC(=O)C1=C(c2ccc(Cl)c(Cl)c2)C[C@@H]2C[C@@H](OC(=O)[C@@]34CC[C@@](C)(C(=O)O3)C4(C)C)[C@H]1N2C. The molecule has 4 aliphatic rings. The largest absolute Gasteiger partial charge is 0.466 e. The fraction of sp³-hybridized carbons (Fsp3) is 0.577. The van der Waals surface area contributed by atoms with Gasteiger partial charge < -0.3 is 14.2 Å². The molecule has 35 heavy (non-hydrogen) atoms. The van der Waals surface area contributed by atoms with Crippen LogP contribution in [0.25, 0.3) is 5.57 Å². The number of rotatable bonds is 4. The van der Waals surface area contributed by atoms with Crippen molar-refractivity contribution in [2.75, 3.05) is 14.2 Å². The number of carbonyl (C=O) groups is 3. The fourth-order valence-corrected chi connectivity index (χ4v) is 6.85. The van der Waals surface area contributed by atoms with Crippen molar-refractivity contribution < 1.29 is 28.6 Å². The van der Waals surface area contributed by atoms with Crippen LogP contribution in [0.3, 0.4) is 0 Å². The number of ether oxygens (including phenoxy) is 3. The number of benzene rings is 1. The van der Waals surface area contributed by atoms with Crippen LogP contribution < -0.4 is 0 Å². The third kappa shape index (κ3) is 3.17. The summed E-state index contributed by atoms with van der Waals surface area (Å²) in [4.78, 5) is 41.5. The average molecular weight is 522 g/mol. The Kier molecular flexibility index (Phi) is 5.59. The van der Waals surface area contributed by atoms with Crippen molar-refractivity contribution >= 4 is 46.7 Å². The minimum Gasteiger partial charge on any atom is -0.466 e. The van der Waals surface area contributed by atoms with E-state index >= 15 is 0 Å². The van der Waals surface area contributed by atoms with E-state index in [1.165, 1.54) is 7.11 Å². The van der Waals surface area contributed by atoms with Crippen LogP contribution in [0.1, 0.15) is 52.0 Å². The number of carbonyl (C=O) groups excluding carboxylic acids is 3. The molecule has 0 spiro atoms. The van der Waals surface area contributed by atoms with Crippen molar-refractivity contribution in [2.45, 2.75) is 70.2 Å². The van der Waals surface area contributed by atoms with Gasteiger partial charge in [0.25, 0.3) is 0 Å². The Balaban J connectivity index is 1.52. The molecular formula is C26H29Cl2NO6. The first-order chi connectivity index (χ1) is 16.4. The second-order valence-electron chi connectivity index (χ2n) is 10.8. The number of fused-ring (bicyclic) bond motifs is 4. The second-order valence-corrected chi connectivity index (χ2v) is 11.6. The van der Waals surface area contributed by atoms with Gasteiger partial charge in [-0.05, 0) is 56.5 Å². The van der Waals surface area contributed by atoms with Crippen molar-refractivity contribution in [2.24, 2.45) is 10.8 Å². The van der Waals surface area contributed by atoms with Gasteiger partial charge in [0, 0.05) is 17.9 Å². The Labute approximate surface area is 214 Å². The number of nitrogens with zero attached hydrogens (tertiary/aromatic N) is 1. The van der Waals surface area contributed by atoms with E-state index < -0.39 is 40.5 Å². The van der Waals surface area contributed by atoms with Gasteiger partial charge >= 0.3 is 17.9 Å². The minimum atomic E-state index is -1.32. The molecule has 2 saturated heterocycles. The van der Waals surface area contributed by atoms with Crippen molar-refractivity contribution in [3.05, 3.63) is 39.4 Å². The molecule has 0 N–H and O–H groups in total. The normalized spacial score (nSPS) is 35.3. The molecule has 7 nitrogen and oxygen atoms in total. The minimum absolute atomic E-state index is 0.0427. The van der Waals surface area contributed by atoms with E-state index in [0.29, 0.717) is 41.3 Å². The van der Waals surface area contributed by atoms with Gasteiger partial charge in [0.2, 0.25) is 5.60 Å². The molecule has 0 aromatic heterocycles. The van der Waals surface area contributed by atoms with Crippen LogP contribution in [0.5, 0.6) is 0 Å². The first kappa shape index (κ1) is 24.6. The van der Waals surface area contributed by atoms with E-state index in [2.05, 4.69) is 4.90 Å². The molecule has 1 aromatic carbocycles. The lowest BCUT2D eigenvalue weighted by atomic mass is 9.66. The highest BCUT2D eigenvalue weighted by molar-refractivity contribution is 6.42. The van der Waals surface area contributed by atoms with Crippen LogP contribution in [0.15, 0.2) is 23.8 Å². The lowest BCUT2D eigenvalue weighted by Gasteiger charge is -2.37. The molecule has 1 aliphatic carbocycles. The lowest BCUT2D eigenvalue weighted by molar-refractivity contribution is -0.187. The molecule has 9 heteroatoms. The van der Waals surface area contributed by atoms with Gasteiger partial charge in [-0.2, -0.15) is 0 Å². The van der Waals surface area contributed by atoms with E-state index in [-0.39, 0.29) is 12.0 Å². The maximum absolute atomic E-state index is 13.7. The van der Waals surface area contributed by atoms with E-state index in [9.17, 15) is 14.4 Å². The zero-order valence-corrected chi connectivity index (χ0v) is 22.0. The van der Waals surface area contributed by atoms with Crippen LogP contribution in [0.4, 0.5) is 0 Å². The smallest absolute Gasteiger partial charge is 0.351 e. The highest BCUT2D eigenvalue weighted by Gasteiger charge is 2.76. The first-order valence-electron chi connectivity index (χ1n) is 11.8. The Morgan fingerprint density at radius 2 is 1.86 bits per heavy atom. The van der Waals surface area contributed by atoms with Crippen molar-refractivity contribution in [1.82, 2.24) is 4.90 Å². The van der Waals surface area contributed by atoms with Gasteiger partial charge in [-0.15, -0.1) is 0 Å². The number of esters is 3. The highest BCUT2D eigenvalue weighted by atomic mass is 35.5. The van der Waals surface area contributed by atoms with Gasteiger partial charge in [-0.1, -0.05) is 43.1 Å². The summed E-state index contributed by atoms with van der Waals surface area (Å²) in [5.74, 6) is -1.38. The van der Waals surface area contributed by atoms with E-state index in [4.69, 9.17) is 37.4 Å². The molecule has 5 rings (SSSR count). The van der Waals surface area contributed by atoms with Crippen molar-refractivity contribution in [3.8, 4) is 0 Å². The molecule has 0 amide bonds. The molecule has 3 aliphatic heterocycles.